The smallest absolute Gasteiger partial charge is 0.191 e. The minimum atomic E-state index is 0. The summed E-state index contributed by atoms with van der Waals surface area (Å²) in [6.07, 6.45) is 7.34. The molecule has 152 valence electrons. The number of halogens is 1. The zero-order chi connectivity index (χ0) is 18.5. The lowest BCUT2D eigenvalue weighted by Gasteiger charge is -2.21. The Morgan fingerprint density at radius 3 is 2.58 bits per heavy atom. The van der Waals surface area contributed by atoms with Gasteiger partial charge in [-0.2, -0.15) is 5.10 Å². The molecular weight excluding hydrogens is 439 g/mol. The van der Waals surface area contributed by atoms with Crippen LogP contribution in [0.2, 0.25) is 0 Å². The van der Waals surface area contributed by atoms with Gasteiger partial charge < -0.3 is 15.5 Å². The highest BCUT2D eigenvalue weighted by atomic mass is 127. The van der Waals surface area contributed by atoms with Gasteiger partial charge in [0.25, 0.3) is 0 Å². The largest absolute Gasteiger partial charge is 0.357 e. The quantitative estimate of drug-likeness (QED) is 0.210. The van der Waals surface area contributed by atoms with Gasteiger partial charge in [0.1, 0.15) is 0 Å². The molecule has 26 heavy (non-hydrogen) atoms. The number of rotatable bonds is 12. The summed E-state index contributed by atoms with van der Waals surface area (Å²) in [7, 11) is 0. The minimum absolute atomic E-state index is 0. The third kappa shape index (κ3) is 11.0. The Balaban J connectivity index is 0.00000625. The number of hydrogen-bond acceptors (Lipinski definition) is 3. The van der Waals surface area contributed by atoms with E-state index in [1.165, 1.54) is 18.5 Å². The van der Waals surface area contributed by atoms with E-state index in [4.69, 9.17) is 4.99 Å². The first-order valence-corrected chi connectivity index (χ1v) is 9.85. The van der Waals surface area contributed by atoms with Crippen molar-refractivity contribution in [1.29, 1.82) is 0 Å². The highest BCUT2D eigenvalue weighted by molar-refractivity contribution is 14.0. The molecule has 1 heterocycles. The lowest BCUT2D eigenvalue weighted by molar-refractivity contribution is 0.292. The highest BCUT2D eigenvalue weighted by Gasteiger charge is 2.06. The molecule has 0 amide bonds. The van der Waals surface area contributed by atoms with Gasteiger partial charge in [-0.1, -0.05) is 13.8 Å². The second-order valence-corrected chi connectivity index (χ2v) is 6.61. The van der Waals surface area contributed by atoms with Crippen LogP contribution in [-0.2, 0) is 6.54 Å². The lowest BCUT2D eigenvalue weighted by Crippen LogP contribution is -2.42. The molecule has 6 nitrogen and oxygen atoms in total. The van der Waals surface area contributed by atoms with Gasteiger partial charge in [0, 0.05) is 31.9 Å². The molecule has 1 unspecified atom stereocenters. The Hall–Kier alpha value is -0.830. The van der Waals surface area contributed by atoms with Crippen LogP contribution in [-0.4, -0.2) is 59.4 Å². The molecule has 0 aliphatic heterocycles. The van der Waals surface area contributed by atoms with E-state index in [1.807, 2.05) is 10.9 Å². The molecule has 0 saturated heterocycles. The number of aliphatic imine (C=N–C) groups is 1. The van der Waals surface area contributed by atoms with Crippen LogP contribution in [0, 0.1) is 6.92 Å². The predicted molar refractivity (Wildman–Crippen MR) is 123 cm³/mol. The Bertz CT molecular complexity index is 484. The topological polar surface area (TPSA) is 57.5 Å². The first kappa shape index (κ1) is 25.2. The van der Waals surface area contributed by atoms with Crippen molar-refractivity contribution in [2.24, 2.45) is 4.99 Å². The van der Waals surface area contributed by atoms with Crippen LogP contribution in [0.4, 0.5) is 0 Å². The van der Waals surface area contributed by atoms with Gasteiger partial charge in [-0.3, -0.25) is 9.67 Å². The average molecular weight is 478 g/mol. The summed E-state index contributed by atoms with van der Waals surface area (Å²) in [6, 6.07) is 0.433. The number of guanidine groups is 1. The van der Waals surface area contributed by atoms with Crippen LogP contribution in [0.3, 0.4) is 0 Å². The van der Waals surface area contributed by atoms with E-state index in [-0.39, 0.29) is 24.0 Å². The fraction of sp³-hybridized carbons (Fsp3) is 0.789. The first-order chi connectivity index (χ1) is 12.1. The fourth-order valence-electron chi connectivity index (χ4n) is 2.80. The van der Waals surface area contributed by atoms with Gasteiger partial charge in [0.15, 0.2) is 5.96 Å². The zero-order valence-corrected chi connectivity index (χ0v) is 19.6. The van der Waals surface area contributed by atoms with Crippen molar-refractivity contribution >= 4 is 29.9 Å². The van der Waals surface area contributed by atoms with E-state index >= 15 is 0 Å². The molecular formula is C19H39IN6. The van der Waals surface area contributed by atoms with Crippen molar-refractivity contribution in [2.75, 3.05) is 32.7 Å². The van der Waals surface area contributed by atoms with Crippen molar-refractivity contribution in [2.45, 2.75) is 66.5 Å². The summed E-state index contributed by atoms with van der Waals surface area (Å²) in [5.41, 5.74) is 1.21. The summed E-state index contributed by atoms with van der Waals surface area (Å²) in [4.78, 5) is 7.17. The van der Waals surface area contributed by atoms with E-state index in [0.717, 1.165) is 51.5 Å². The van der Waals surface area contributed by atoms with Crippen molar-refractivity contribution < 1.29 is 0 Å². The zero-order valence-electron chi connectivity index (χ0n) is 17.3. The highest BCUT2D eigenvalue weighted by Crippen LogP contribution is 2.00. The second-order valence-electron chi connectivity index (χ2n) is 6.61. The summed E-state index contributed by atoms with van der Waals surface area (Å²) < 4.78 is 1.99. The lowest BCUT2D eigenvalue weighted by atomic mass is 10.2. The number of nitrogens with one attached hydrogen (secondary N) is 2. The van der Waals surface area contributed by atoms with Crippen LogP contribution in [0.25, 0.3) is 0 Å². The SMILES string of the molecule is CCNC(=NCCCn1cc(C)cn1)NC(C)CCCN(CC)CC.I. The van der Waals surface area contributed by atoms with Crippen LogP contribution in [0.1, 0.15) is 52.5 Å². The van der Waals surface area contributed by atoms with Gasteiger partial charge in [0.2, 0.25) is 0 Å². The molecule has 7 heteroatoms. The van der Waals surface area contributed by atoms with Gasteiger partial charge in [-0.25, -0.2) is 0 Å². The third-order valence-corrected chi connectivity index (χ3v) is 4.31. The molecule has 0 saturated carbocycles. The first-order valence-electron chi connectivity index (χ1n) is 9.85. The summed E-state index contributed by atoms with van der Waals surface area (Å²) >= 11 is 0. The summed E-state index contributed by atoms with van der Waals surface area (Å²) in [5, 5.41) is 11.2. The molecule has 0 aliphatic rings. The molecule has 0 bridgehead atoms. The summed E-state index contributed by atoms with van der Waals surface area (Å²) in [5.74, 6) is 0.925. The van der Waals surface area contributed by atoms with E-state index in [2.05, 4.69) is 61.4 Å². The summed E-state index contributed by atoms with van der Waals surface area (Å²) in [6.45, 7) is 16.9. The van der Waals surface area contributed by atoms with Gasteiger partial charge in [0.05, 0.1) is 6.20 Å². The maximum Gasteiger partial charge on any atom is 0.191 e. The molecule has 1 rings (SSSR count). The minimum Gasteiger partial charge on any atom is -0.357 e. The van der Waals surface area contributed by atoms with E-state index < -0.39 is 0 Å². The maximum absolute atomic E-state index is 4.69. The van der Waals surface area contributed by atoms with Crippen molar-refractivity contribution in [3.63, 3.8) is 0 Å². The van der Waals surface area contributed by atoms with Gasteiger partial charge in [-0.15, -0.1) is 24.0 Å². The predicted octanol–water partition coefficient (Wildman–Crippen LogP) is 3.27. The molecule has 0 aliphatic carbocycles. The fourth-order valence-corrected chi connectivity index (χ4v) is 2.80. The number of aromatic nitrogens is 2. The Kier molecular flexibility index (Phi) is 14.8. The average Bonchev–Trinajstić information content (AvgIpc) is 3.01. The number of nitrogens with zero attached hydrogens (tertiary/aromatic N) is 4. The van der Waals surface area contributed by atoms with Crippen LogP contribution < -0.4 is 10.6 Å². The molecule has 0 fully saturated rings. The van der Waals surface area contributed by atoms with Crippen molar-refractivity contribution in [1.82, 2.24) is 25.3 Å². The van der Waals surface area contributed by atoms with E-state index in [9.17, 15) is 0 Å². The number of aryl methyl sites for hydroxylation is 2. The Morgan fingerprint density at radius 2 is 2.00 bits per heavy atom. The van der Waals surface area contributed by atoms with Gasteiger partial charge in [-0.05, 0) is 65.2 Å². The van der Waals surface area contributed by atoms with Crippen LogP contribution in [0.5, 0.6) is 0 Å². The van der Waals surface area contributed by atoms with Crippen LogP contribution >= 0.6 is 24.0 Å². The number of hydrogen-bond donors (Lipinski definition) is 2. The third-order valence-electron chi connectivity index (χ3n) is 4.31. The molecule has 0 radical (unpaired) electrons. The molecule has 1 aromatic rings. The standard InChI is InChI=1S/C19H38N6.HI/c1-6-20-19(21-12-10-14-25-16-17(4)15-22-25)23-18(5)11-9-13-24(7-2)8-3;/h15-16,18H,6-14H2,1-5H3,(H2,20,21,23);1H. The second kappa shape index (κ2) is 15.2. The Labute approximate surface area is 177 Å². The molecule has 1 aromatic heterocycles. The molecule has 1 atom stereocenters. The van der Waals surface area contributed by atoms with E-state index in [1.54, 1.807) is 0 Å². The Morgan fingerprint density at radius 1 is 1.27 bits per heavy atom. The maximum atomic E-state index is 4.69. The monoisotopic (exact) mass is 478 g/mol. The van der Waals surface area contributed by atoms with Crippen molar-refractivity contribution in [3.8, 4) is 0 Å². The normalized spacial score (nSPS) is 12.8. The van der Waals surface area contributed by atoms with E-state index in [0.29, 0.717) is 6.04 Å². The van der Waals surface area contributed by atoms with Crippen molar-refractivity contribution in [3.05, 3.63) is 18.0 Å². The molecule has 0 spiro atoms. The molecule has 0 aromatic carbocycles. The molecule has 2 N–H and O–H groups in total. The van der Waals surface area contributed by atoms with Gasteiger partial charge >= 0.3 is 0 Å². The van der Waals surface area contributed by atoms with Crippen LogP contribution in [0.15, 0.2) is 17.4 Å².